The quantitative estimate of drug-likeness (QED) is 0.686. The van der Waals surface area contributed by atoms with Crippen molar-refractivity contribution in [3.63, 3.8) is 0 Å². The molecule has 0 aromatic rings. The minimum Gasteiger partial charge on any atom is -0.339 e. The van der Waals surface area contributed by atoms with Crippen LogP contribution in [0.25, 0.3) is 0 Å². The van der Waals surface area contributed by atoms with E-state index in [2.05, 4.69) is 6.58 Å². The van der Waals surface area contributed by atoms with Crippen LogP contribution in [-0.2, 0) is 9.59 Å². The first kappa shape index (κ1) is 16.8. The van der Waals surface area contributed by atoms with E-state index in [0.717, 1.165) is 25.9 Å². The Morgan fingerprint density at radius 1 is 0.750 bits per heavy atom. The maximum Gasteiger partial charge on any atom is 0.320 e. The van der Waals surface area contributed by atoms with Gasteiger partial charge in [0.15, 0.2) is 0 Å². The number of amides is 4. The van der Waals surface area contributed by atoms with Crippen LogP contribution in [0.3, 0.4) is 0 Å². The molecule has 3 rings (SSSR count). The fourth-order valence-electron chi connectivity index (χ4n) is 3.61. The molecule has 3 aliphatic heterocycles. The van der Waals surface area contributed by atoms with Gasteiger partial charge in [0, 0.05) is 52.4 Å². The molecule has 0 N–H and O–H groups in total. The molecule has 3 aliphatic rings. The molecule has 0 spiro atoms. The van der Waals surface area contributed by atoms with Gasteiger partial charge >= 0.3 is 6.03 Å². The van der Waals surface area contributed by atoms with Crippen molar-refractivity contribution in [1.82, 2.24) is 19.6 Å². The van der Waals surface area contributed by atoms with Crippen molar-refractivity contribution in [3.8, 4) is 0 Å². The average Bonchev–Trinajstić information content (AvgIpc) is 2.60. The summed E-state index contributed by atoms with van der Waals surface area (Å²) in [7, 11) is 0. The van der Waals surface area contributed by atoms with Crippen molar-refractivity contribution in [3.05, 3.63) is 12.7 Å². The number of rotatable bonds is 2. The maximum atomic E-state index is 12.5. The lowest BCUT2D eigenvalue weighted by molar-refractivity contribution is -0.147. The number of likely N-dealkylation sites (tertiary alicyclic amines) is 2. The summed E-state index contributed by atoms with van der Waals surface area (Å²) in [6, 6.07) is 0.119. The van der Waals surface area contributed by atoms with Gasteiger partial charge in [0.05, 0.1) is 5.92 Å². The van der Waals surface area contributed by atoms with E-state index in [4.69, 9.17) is 0 Å². The molecule has 4 amide bonds. The van der Waals surface area contributed by atoms with E-state index >= 15 is 0 Å². The van der Waals surface area contributed by atoms with Gasteiger partial charge in [-0.15, -0.1) is 0 Å². The largest absolute Gasteiger partial charge is 0.339 e. The van der Waals surface area contributed by atoms with Crippen molar-refractivity contribution >= 4 is 17.8 Å². The Bertz CT molecular complexity index is 516. The average molecular weight is 334 g/mol. The Morgan fingerprint density at radius 3 is 1.88 bits per heavy atom. The summed E-state index contributed by atoms with van der Waals surface area (Å²) in [5, 5.41) is 0. The fraction of sp³-hybridized carbons (Fsp3) is 0.706. The zero-order valence-corrected chi connectivity index (χ0v) is 14.2. The van der Waals surface area contributed by atoms with E-state index in [1.165, 1.54) is 12.5 Å². The number of nitrogens with zero attached hydrogens (tertiary/aromatic N) is 4. The number of carbonyl (C=O) groups is 3. The number of piperidine rings is 1. The van der Waals surface area contributed by atoms with Gasteiger partial charge in [-0.25, -0.2) is 4.79 Å². The van der Waals surface area contributed by atoms with E-state index in [1.807, 2.05) is 14.7 Å². The highest BCUT2D eigenvalue weighted by molar-refractivity contribution is 5.90. The Balaban J connectivity index is 1.43. The minimum atomic E-state index is -0.115. The third-order valence-corrected chi connectivity index (χ3v) is 5.21. The van der Waals surface area contributed by atoms with Crippen LogP contribution in [-0.4, -0.2) is 89.8 Å². The summed E-state index contributed by atoms with van der Waals surface area (Å²) in [5.74, 6) is -0.109. The van der Waals surface area contributed by atoms with Gasteiger partial charge in [0.2, 0.25) is 11.8 Å². The smallest absolute Gasteiger partial charge is 0.320 e. The Morgan fingerprint density at radius 2 is 1.29 bits per heavy atom. The van der Waals surface area contributed by atoms with E-state index in [0.29, 0.717) is 39.3 Å². The Labute approximate surface area is 142 Å². The molecule has 0 atom stereocenters. The Kier molecular flexibility index (Phi) is 5.06. The first-order valence-corrected chi connectivity index (χ1v) is 8.84. The van der Waals surface area contributed by atoms with Gasteiger partial charge in [-0.3, -0.25) is 9.59 Å². The molecule has 0 aromatic heterocycles. The summed E-state index contributed by atoms with van der Waals surface area (Å²) in [6.45, 7) is 8.51. The number of piperazine rings is 1. The zero-order valence-electron chi connectivity index (χ0n) is 14.2. The highest BCUT2D eigenvalue weighted by Crippen LogP contribution is 2.20. The molecule has 132 valence electrons. The predicted octanol–water partition coefficient (Wildman–Crippen LogP) is 0.381. The zero-order chi connectivity index (χ0) is 17.1. The molecule has 0 saturated carbocycles. The molecule has 7 nitrogen and oxygen atoms in total. The molecule has 0 aromatic carbocycles. The topological polar surface area (TPSA) is 64.2 Å². The first-order valence-electron chi connectivity index (χ1n) is 8.84. The molecule has 0 unspecified atom stereocenters. The lowest BCUT2D eigenvalue weighted by atomic mass is 9.98. The van der Waals surface area contributed by atoms with Crippen LogP contribution in [0, 0.1) is 5.92 Å². The predicted molar refractivity (Wildman–Crippen MR) is 89.2 cm³/mol. The van der Waals surface area contributed by atoms with Gasteiger partial charge in [-0.05, 0) is 25.3 Å². The molecular weight excluding hydrogens is 308 g/mol. The third-order valence-electron chi connectivity index (χ3n) is 5.21. The minimum absolute atomic E-state index is 0.0988. The maximum absolute atomic E-state index is 12.5. The van der Waals surface area contributed by atoms with Crippen molar-refractivity contribution < 1.29 is 14.4 Å². The van der Waals surface area contributed by atoms with Crippen LogP contribution in [0.1, 0.15) is 19.3 Å². The summed E-state index contributed by atoms with van der Waals surface area (Å²) in [4.78, 5) is 43.6. The summed E-state index contributed by atoms with van der Waals surface area (Å²) in [6.07, 6.45) is 4.67. The summed E-state index contributed by atoms with van der Waals surface area (Å²) < 4.78 is 0. The number of carbonyl (C=O) groups excluding carboxylic acids is 3. The first-order chi connectivity index (χ1) is 11.6. The molecule has 3 fully saturated rings. The second-order valence-corrected chi connectivity index (χ2v) is 6.79. The second-order valence-electron chi connectivity index (χ2n) is 6.79. The summed E-state index contributed by atoms with van der Waals surface area (Å²) in [5.41, 5.74) is 0. The van der Waals surface area contributed by atoms with E-state index in [9.17, 15) is 14.4 Å². The van der Waals surface area contributed by atoms with Crippen molar-refractivity contribution in [2.75, 3.05) is 52.4 Å². The van der Waals surface area contributed by atoms with Crippen molar-refractivity contribution in [2.24, 2.45) is 5.92 Å². The normalized spacial score (nSPS) is 22.2. The monoisotopic (exact) mass is 334 g/mol. The van der Waals surface area contributed by atoms with Gasteiger partial charge in [-0.2, -0.15) is 0 Å². The van der Waals surface area contributed by atoms with Crippen LogP contribution in [0.5, 0.6) is 0 Å². The van der Waals surface area contributed by atoms with Gasteiger partial charge in [-0.1, -0.05) is 6.58 Å². The summed E-state index contributed by atoms with van der Waals surface area (Å²) >= 11 is 0. The third kappa shape index (κ3) is 3.39. The highest BCUT2D eigenvalue weighted by atomic mass is 16.2. The van der Waals surface area contributed by atoms with Crippen LogP contribution in [0.2, 0.25) is 0 Å². The van der Waals surface area contributed by atoms with Crippen LogP contribution in [0.4, 0.5) is 4.79 Å². The second kappa shape index (κ2) is 7.23. The van der Waals surface area contributed by atoms with Crippen LogP contribution in [0.15, 0.2) is 12.7 Å². The number of hydrogen-bond donors (Lipinski definition) is 0. The fourth-order valence-corrected chi connectivity index (χ4v) is 3.61. The van der Waals surface area contributed by atoms with E-state index in [-0.39, 0.29) is 23.8 Å². The molecule has 0 radical (unpaired) electrons. The lowest BCUT2D eigenvalue weighted by Gasteiger charge is -2.43. The van der Waals surface area contributed by atoms with Crippen LogP contribution >= 0.6 is 0 Å². The molecular formula is C17H26N4O3. The molecule has 3 heterocycles. The lowest BCUT2D eigenvalue weighted by Crippen LogP contribution is -2.60. The van der Waals surface area contributed by atoms with Crippen molar-refractivity contribution in [2.45, 2.75) is 19.3 Å². The molecule has 0 aliphatic carbocycles. The van der Waals surface area contributed by atoms with Crippen molar-refractivity contribution in [1.29, 1.82) is 0 Å². The van der Waals surface area contributed by atoms with Gasteiger partial charge in [0.1, 0.15) is 0 Å². The SMILES string of the molecule is C=CC(=O)N1CC(C(=O)N2CCN(C(=O)N3CCCCC3)CC2)C1. The molecule has 3 saturated heterocycles. The number of hydrogen-bond acceptors (Lipinski definition) is 3. The number of urea groups is 1. The highest BCUT2D eigenvalue weighted by Gasteiger charge is 2.38. The standard InChI is InChI=1S/C17H26N4O3/c1-2-15(22)21-12-14(13-21)16(23)18-8-10-20(11-9-18)17(24)19-6-4-3-5-7-19/h2,14H,1,3-13H2. The van der Waals surface area contributed by atoms with Gasteiger partial charge < -0.3 is 19.6 Å². The van der Waals surface area contributed by atoms with Crippen LogP contribution < -0.4 is 0 Å². The van der Waals surface area contributed by atoms with E-state index in [1.54, 1.807) is 4.90 Å². The Hall–Kier alpha value is -2.05. The molecule has 0 bridgehead atoms. The van der Waals surface area contributed by atoms with E-state index < -0.39 is 0 Å². The molecule has 24 heavy (non-hydrogen) atoms. The van der Waals surface area contributed by atoms with Gasteiger partial charge in [0.25, 0.3) is 0 Å². The molecule has 7 heteroatoms.